The Hall–Kier alpha value is -0.160. The van der Waals surface area contributed by atoms with Crippen LogP contribution in [-0.4, -0.2) is 49.3 Å². The lowest BCUT2D eigenvalue weighted by molar-refractivity contribution is -0.0928. The highest BCUT2D eigenvalue weighted by Gasteiger charge is 2.15. The predicted molar refractivity (Wildman–Crippen MR) is 82.0 cm³/mol. The molecule has 0 radical (unpaired) electrons. The van der Waals surface area contributed by atoms with Crippen molar-refractivity contribution in [1.29, 1.82) is 0 Å². The Morgan fingerprint density at radius 1 is 0.850 bits per heavy atom. The first-order chi connectivity index (χ1) is 9.38. The fourth-order valence-corrected chi connectivity index (χ4v) is 1.91. The van der Waals surface area contributed by atoms with Crippen LogP contribution < -0.4 is 0 Å². The molecule has 0 aliphatic heterocycles. The number of aliphatic hydroxyl groups excluding tert-OH is 1. The zero-order valence-electron chi connectivity index (χ0n) is 14.1. The molecule has 4 heteroatoms. The fraction of sp³-hybridized carbons (Fsp3) is 1.00. The van der Waals surface area contributed by atoms with Crippen LogP contribution in [-0.2, 0) is 14.2 Å². The summed E-state index contributed by atoms with van der Waals surface area (Å²) in [6.45, 7) is 13.6. The number of ether oxygens (including phenoxy) is 3. The highest BCUT2D eigenvalue weighted by atomic mass is 16.6. The maximum absolute atomic E-state index is 8.88. The van der Waals surface area contributed by atoms with Gasteiger partial charge in [-0.15, -0.1) is 0 Å². The number of rotatable bonds is 12. The third kappa shape index (κ3) is 10.6. The van der Waals surface area contributed by atoms with Gasteiger partial charge in [-0.1, -0.05) is 20.8 Å². The van der Waals surface area contributed by atoms with Crippen LogP contribution in [0.25, 0.3) is 0 Å². The molecule has 122 valence electrons. The van der Waals surface area contributed by atoms with Crippen LogP contribution in [0.15, 0.2) is 0 Å². The lowest BCUT2D eigenvalue weighted by Crippen LogP contribution is -2.28. The second-order valence-corrected chi connectivity index (χ2v) is 6.08. The van der Waals surface area contributed by atoms with Gasteiger partial charge in [0.15, 0.2) is 0 Å². The Morgan fingerprint density at radius 3 is 1.90 bits per heavy atom. The molecule has 0 rings (SSSR count). The normalized spacial score (nSPS) is 18.0. The second-order valence-electron chi connectivity index (χ2n) is 6.08. The Labute approximate surface area is 124 Å². The molecule has 0 heterocycles. The van der Waals surface area contributed by atoms with Gasteiger partial charge in [-0.3, -0.25) is 0 Å². The molecule has 0 aliphatic carbocycles. The van der Waals surface area contributed by atoms with Gasteiger partial charge >= 0.3 is 0 Å². The van der Waals surface area contributed by atoms with E-state index in [0.717, 1.165) is 12.8 Å². The second kappa shape index (κ2) is 11.5. The molecule has 0 fully saturated rings. The Balaban J connectivity index is 3.82. The molecule has 0 aromatic heterocycles. The van der Waals surface area contributed by atoms with E-state index in [0.29, 0.717) is 25.2 Å². The third-order valence-electron chi connectivity index (χ3n) is 3.10. The van der Waals surface area contributed by atoms with Crippen molar-refractivity contribution in [1.82, 2.24) is 0 Å². The van der Waals surface area contributed by atoms with E-state index >= 15 is 0 Å². The minimum absolute atomic E-state index is 0.0141. The summed E-state index contributed by atoms with van der Waals surface area (Å²) >= 11 is 0. The molecule has 20 heavy (non-hydrogen) atoms. The van der Waals surface area contributed by atoms with E-state index in [1.165, 1.54) is 0 Å². The molecule has 0 saturated carbocycles. The summed E-state index contributed by atoms with van der Waals surface area (Å²) in [5.74, 6) is 0.653. The first-order valence-electron chi connectivity index (χ1n) is 7.88. The molecular formula is C16H34O4. The molecule has 4 unspecified atom stereocenters. The fourth-order valence-electron chi connectivity index (χ4n) is 1.91. The SMILES string of the molecule is CCC(CC(C)C)OC(C)COC(C)COC(C)CO. The van der Waals surface area contributed by atoms with Gasteiger partial charge < -0.3 is 19.3 Å². The van der Waals surface area contributed by atoms with E-state index in [1.807, 2.05) is 20.8 Å². The van der Waals surface area contributed by atoms with Crippen LogP contribution in [0.5, 0.6) is 0 Å². The summed E-state index contributed by atoms with van der Waals surface area (Å²) < 4.78 is 17.1. The lowest BCUT2D eigenvalue weighted by Gasteiger charge is -2.24. The molecule has 0 saturated heterocycles. The molecule has 0 amide bonds. The van der Waals surface area contributed by atoms with E-state index in [4.69, 9.17) is 19.3 Å². The minimum atomic E-state index is -0.134. The van der Waals surface area contributed by atoms with Crippen LogP contribution in [0.4, 0.5) is 0 Å². The number of hydrogen-bond donors (Lipinski definition) is 1. The van der Waals surface area contributed by atoms with Crippen molar-refractivity contribution in [3.05, 3.63) is 0 Å². The van der Waals surface area contributed by atoms with E-state index < -0.39 is 0 Å². The quantitative estimate of drug-likeness (QED) is 0.600. The highest BCUT2D eigenvalue weighted by molar-refractivity contribution is 4.62. The van der Waals surface area contributed by atoms with E-state index in [-0.39, 0.29) is 24.9 Å². The largest absolute Gasteiger partial charge is 0.394 e. The van der Waals surface area contributed by atoms with Gasteiger partial charge in [-0.05, 0) is 39.5 Å². The van der Waals surface area contributed by atoms with Gasteiger partial charge in [0.25, 0.3) is 0 Å². The number of hydrogen-bond acceptors (Lipinski definition) is 4. The van der Waals surface area contributed by atoms with Gasteiger partial charge in [0.05, 0.1) is 44.2 Å². The van der Waals surface area contributed by atoms with Crippen molar-refractivity contribution in [2.45, 2.75) is 78.8 Å². The smallest absolute Gasteiger partial charge is 0.0784 e. The van der Waals surface area contributed by atoms with Crippen LogP contribution in [0.1, 0.15) is 54.4 Å². The highest BCUT2D eigenvalue weighted by Crippen LogP contribution is 2.14. The summed E-state index contributed by atoms with van der Waals surface area (Å²) in [7, 11) is 0. The first-order valence-corrected chi connectivity index (χ1v) is 7.88. The zero-order chi connectivity index (χ0) is 15.5. The monoisotopic (exact) mass is 290 g/mol. The van der Waals surface area contributed by atoms with Gasteiger partial charge in [0.2, 0.25) is 0 Å². The molecule has 0 spiro atoms. The van der Waals surface area contributed by atoms with E-state index in [2.05, 4.69) is 20.8 Å². The zero-order valence-corrected chi connectivity index (χ0v) is 14.1. The van der Waals surface area contributed by atoms with Crippen LogP contribution >= 0.6 is 0 Å². The van der Waals surface area contributed by atoms with Crippen LogP contribution in [0, 0.1) is 5.92 Å². The molecule has 1 N–H and O–H groups in total. The lowest BCUT2D eigenvalue weighted by atomic mass is 10.0. The van der Waals surface area contributed by atoms with Crippen molar-refractivity contribution in [2.75, 3.05) is 19.8 Å². The topological polar surface area (TPSA) is 47.9 Å². The van der Waals surface area contributed by atoms with Gasteiger partial charge in [0, 0.05) is 0 Å². The van der Waals surface area contributed by atoms with Gasteiger partial charge in [-0.2, -0.15) is 0 Å². The Morgan fingerprint density at radius 2 is 1.40 bits per heavy atom. The van der Waals surface area contributed by atoms with Crippen molar-refractivity contribution in [2.24, 2.45) is 5.92 Å². The molecule has 0 bridgehead atoms. The Kier molecular flexibility index (Phi) is 11.4. The van der Waals surface area contributed by atoms with Crippen LogP contribution in [0.3, 0.4) is 0 Å². The van der Waals surface area contributed by atoms with Crippen molar-refractivity contribution >= 4 is 0 Å². The summed E-state index contributed by atoms with van der Waals surface area (Å²) in [6, 6.07) is 0. The van der Waals surface area contributed by atoms with E-state index in [1.54, 1.807) is 0 Å². The number of aliphatic hydroxyl groups is 1. The third-order valence-corrected chi connectivity index (χ3v) is 3.10. The minimum Gasteiger partial charge on any atom is -0.394 e. The van der Waals surface area contributed by atoms with Crippen molar-refractivity contribution < 1.29 is 19.3 Å². The van der Waals surface area contributed by atoms with Gasteiger partial charge in [-0.25, -0.2) is 0 Å². The molecule has 0 aliphatic rings. The summed E-state index contributed by atoms with van der Waals surface area (Å²) in [6.07, 6.45) is 2.42. The molecule has 4 atom stereocenters. The molecule has 4 nitrogen and oxygen atoms in total. The summed E-state index contributed by atoms with van der Waals surface area (Å²) in [5.41, 5.74) is 0. The first kappa shape index (κ1) is 19.8. The van der Waals surface area contributed by atoms with Crippen molar-refractivity contribution in [3.8, 4) is 0 Å². The summed E-state index contributed by atoms with van der Waals surface area (Å²) in [4.78, 5) is 0. The average Bonchev–Trinajstić information content (AvgIpc) is 2.41. The Bertz CT molecular complexity index is 221. The average molecular weight is 290 g/mol. The van der Waals surface area contributed by atoms with Crippen LogP contribution in [0.2, 0.25) is 0 Å². The predicted octanol–water partition coefficient (Wildman–Crippen LogP) is 3.02. The maximum Gasteiger partial charge on any atom is 0.0784 e. The van der Waals surface area contributed by atoms with Crippen molar-refractivity contribution in [3.63, 3.8) is 0 Å². The maximum atomic E-state index is 8.88. The molecule has 0 aromatic rings. The summed E-state index contributed by atoms with van der Waals surface area (Å²) in [5, 5.41) is 8.88. The van der Waals surface area contributed by atoms with Gasteiger partial charge in [0.1, 0.15) is 0 Å². The van der Waals surface area contributed by atoms with E-state index in [9.17, 15) is 0 Å². The molecule has 0 aromatic carbocycles. The standard InChI is InChI=1S/C16H34O4/c1-7-16(8-12(2)3)20-15(6)11-19-14(5)10-18-13(4)9-17/h12-17H,7-11H2,1-6H3. The molecular weight excluding hydrogens is 256 g/mol.